The second-order valence-corrected chi connectivity index (χ2v) is 9.21. The van der Waals surface area contributed by atoms with Gasteiger partial charge in [-0.25, -0.2) is 14.6 Å². The number of oxime groups is 1. The molecule has 3 heterocycles. The first kappa shape index (κ1) is 27.2. The fourth-order valence-electron chi connectivity index (χ4n) is 3.38. The van der Waals surface area contributed by atoms with Gasteiger partial charge in [0.25, 0.3) is 11.8 Å². The molecule has 2 aliphatic heterocycles. The summed E-state index contributed by atoms with van der Waals surface area (Å²) in [5, 5.41) is 7.48. The topological polar surface area (TPSA) is 181 Å². The number of nitrogens with one attached hydrogen (secondary N) is 1. The number of nitrogens with two attached hydrogens (primary N) is 1. The Kier molecular flexibility index (Phi) is 9.11. The van der Waals surface area contributed by atoms with Crippen molar-refractivity contribution in [1.29, 1.82) is 0 Å². The minimum absolute atomic E-state index is 0.0338. The van der Waals surface area contributed by atoms with Crippen molar-refractivity contribution in [2.45, 2.75) is 31.6 Å². The Morgan fingerprint density at radius 2 is 2.08 bits per heavy atom. The normalized spacial score (nSPS) is 20.2. The summed E-state index contributed by atoms with van der Waals surface area (Å²) in [5.41, 5.74) is 6.15. The highest BCUT2D eigenvalue weighted by Gasteiger charge is 2.55. The fourth-order valence-corrected chi connectivity index (χ4v) is 5.25. The molecule has 3 N–H and O–H groups in total. The maximum atomic E-state index is 13.1. The molecular formula is C20H25N5O9S2. The van der Waals surface area contributed by atoms with Gasteiger partial charge in [0.05, 0.1) is 13.2 Å². The van der Waals surface area contributed by atoms with E-state index in [2.05, 4.69) is 20.2 Å². The number of anilines is 1. The van der Waals surface area contributed by atoms with Crippen molar-refractivity contribution >= 4 is 57.9 Å². The molecule has 36 heavy (non-hydrogen) atoms. The first-order chi connectivity index (χ1) is 17.2. The molecular weight excluding hydrogens is 518 g/mol. The van der Waals surface area contributed by atoms with Crippen molar-refractivity contribution < 1.29 is 43.0 Å². The van der Waals surface area contributed by atoms with Gasteiger partial charge >= 0.3 is 12.1 Å². The zero-order valence-corrected chi connectivity index (χ0v) is 21.5. The highest BCUT2D eigenvalue weighted by molar-refractivity contribution is 8.00. The highest BCUT2D eigenvalue weighted by atomic mass is 32.2. The van der Waals surface area contributed by atoms with E-state index in [1.54, 1.807) is 6.92 Å². The Labute approximate surface area is 214 Å². The number of carbonyl (C=O) groups excluding carboxylic acids is 4. The van der Waals surface area contributed by atoms with Crippen LogP contribution < -0.4 is 11.1 Å². The third kappa shape index (κ3) is 5.88. The summed E-state index contributed by atoms with van der Waals surface area (Å²) >= 11 is 2.45. The van der Waals surface area contributed by atoms with Gasteiger partial charge in [-0.05, 0) is 12.5 Å². The van der Waals surface area contributed by atoms with Crippen LogP contribution in [0, 0.1) is 0 Å². The lowest BCUT2D eigenvalue weighted by molar-refractivity contribution is -0.169. The van der Waals surface area contributed by atoms with Gasteiger partial charge in [-0.2, -0.15) is 0 Å². The predicted molar refractivity (Wildman–Crippen MR) is 128 cm³/mol. The average molecular weight is 544 g/mol. The summed E-state index contributed by atoms with van der Waals surface area (Å²) in [7, 11) is 2.71. The van der Waals surface area contributed by atoms with Crippen LogP contribution >= 0.6 is 23.1 Å². The molecule has 0 radical (unpaired) electrons. The van der Waals surface area contributed by atoms with E-state index in [-0.39, 0.29) is 35.4 Å². The minimum Gasteiger partial charge on any atom is -0.435 e. The lowest BCUT2D eigenvalue weighted by atomic mass is 10.0. The molecule has 0 spiro atoms. The summed E-state index contributed by atoms with van der Waals surface area (Å²) in [6.07, 6.45) is -2.27. The molecule has 1 aromatic heterocycles. The van der Waals surface area contributed by atoms with Crippen LogP contribution in [-0.2, 0) is 38.2 Å². The van der Waals surface area contributed by atoms with E-state index in [0.717, 1.165) is 11.3 Å². The molecule has 1 fully saturated rings. The van der Waals surface area contributed by atoms with Gasteiger partial charge in [0.15, 0.2) is 10.8 Å². The number of thiazole rings is 1. The van der Waals surface area contributed by atoms with Crippen LogP contribution in [0.4, 0.5) is 9.93 Å². The molecule has 1 aromatic rings. The molecule has 0 aromatic carbocycles. The number of fused-ring (bicyclic) bond motifs is 1. The van der Waals surface area contributed by atoms with Gasteiger partial charge in [-0.15, -0.1) is 23.1 Å². The number of methoxy groups -OCH3 is 1. The number of aromatic nitrogens is 1. The predicted octanol–water partition coefficient (Wildman–Crippen LogP) is 0.439. The quantitative estimate of drug-likeness (QED) is 0.137. The van der Waals surface area contributed by atoms with E-state index in [1.165, 1.54) is 43.2 Å². The van der Waals surface area contributed by atoms with Gasteiger partial charge < -0.3 is 34.8 Å². The lowest BCUT2D eigenvalue weighted by Gasteiger charge is -2.49. The molecule has 2 amide bonds. The Morgan fingerprint density at radius 3 is 2.69 bits per heavy atom. The second kappa shape index (κ2) is 12.0. The van der Waals surface area contributed by atoms with Crippen molar-refractivity contribution in [3.63, 3.8) is 0 Å². The summed E-state index contributed by atoms with van der Waals surface area (Å²) in [6, 6.07) is -0.958. The van der Waals surface area contributed by atoms with Gasteiger partial charge in [-0.1, -0.05) is 5.16 Å². The van der Waals surface area contributed by atoms with Gasteiger partial charge in [0.2, 0.25) is 6.29 Å². The molecule has 2 aliphatic rings. The molecule has 16 heteroatoms. The third-order valence-corrected chi connectivity index (χ3v) is 6.82. The largest absolute Gasteiger partial charge is 0.511 e. The average Bonchev–Trinajstić information content (AvgIpc) is 3.26. The zero-order valence-electron chi connectivity index (χ0n) is 19.8. The van der Waals surface area contributed by atoms with E-state index >= 15 is 0 Å². The molecule has 3 atom stereocenters. The number of rotatable bonds is 10. The van der Waals surface area contributed by atoms with Crippen molar-refractivity contribution in [3.8, 4) is 0 Å². The number of nitrogen functional groups attached to an aromatic ring is 1. The molecule has 0 saturated carbocycles. The van der Waals surface area contributed by atoms with Crippen molar-refractivity contribution in [2.75, 3.05) is 38.9 Å². The van der Waals surface area contributed by atoms with Crippen LogP contribution in [0.3, 0.4) is 0 Å². The first-order valence-electron chi connectivity index (χ1n) is 10.5. The smallest absolute Gasteiger partial charge is 0.435 e. The number of carbonyl (C=O) groups is 4. The van der Waals surface area contributed by atoms with E-state index < -0.39 is 41.6 Å². The number of esters is 1. The number of nitrogens with zero attached hydrogens (tertiary/aromatic N) is 3. The second-order valence-electron chi connectivity index (χ2n) is 7.21. The monoisotopic (exact) mass is 543 g/mol. The van der Waals surface area contributed by atoms with E-state index in [9.17, 15) is 19.2 Å². The summed E-state index contributed by atoms with van der Waals surface area (Å²) in [5.74, 6) is -1.81. The van der Waals surface area contributed by atoms with E-state index in [4.69, 9.17) is 24.8 Å². The third-order valence-electron chi connectivity index (χ3n) is 4.81. The van der Waals surface area contributed by atoms with Crippen LogP contribution in [0.25, 0.3) is 0 Å². The number of β-lactam (4-membered cyclic amide) rings is 1. The van der Waals surface area contributed by atoms with Crippen LogP contribution in [0.1, 0.15) is 19.5 Å². The highest BCUT2D eigenvalue weighted by Crippen LogP contribution is 2.41. The van der Waals surface area contributed by atoms with Crippen molar-refractivity contribution in [3.05, 3.63) is 22.3 Å². The Bertz CT molecular complexity index is 1090. The van der Waals surface area contributed by atoms with Gasteiger partial charge in [0, 0.05) is 25.2 Å². The van der Waals surface area contributed by atoms with Crippen molar-refractivity contribution in [2.24, 2.45) is 5.16 Å². The summed E-state index contributed by atoms with van der Waals surface area (Å²) in [6.45, 7) is 3.08. The summed E-state index contributed by atoms with van der Waals surface area (Å²) in [4.78, 5) is 60.4. The van der Waals surface area contributed by atoms with E-state index in [0.29, 0.717) is 11.3 Å². The maximum absolute atomic E-state index is 13.1. The molecule has 0 aliphatic carbocycles. The number of ether oxygens (including phenoxy) is 4. The molecule has 1 saturated heterocycles. The molecule has 196 valence electrons. The van der Waals surface area contributed by atoms with Crippen LogP contribution in [0.5, 0.6) is 0 Å². The standard InChI is InChI=1S/C20H25N5O9S2/c1-5-32-20(29)34-9(2)33-18(28)14-10(6-30-3)7-35-17-13(16(27)25(14)17)23-15(26)12(24-31-4)11-8-36-19(21)22-11/h8-9,13,17H,5-7H2,1-4H3,(H2,21,22)(H,23,26)/b24-12-/t9?,13-,17-/m1/s1. The zero-order chi connectivity index (χ0) is 26.4. The minimum atomic E-state index is -1.27. The number of amides is 2. The first-order valence-corrected chi connectivity index (χ1v) is 12.5. The maximum Gasteiger partial charge on any atom is 0.511 e. The van der Waals surface area contributed by atoms with Crippen LogP contribution in [0.15, 0.2) is 21.8 Å². The number of hydrogen-bond donors (Lipinski definition) is 2. The fraction of sp³-hybridized carbons (Fsp3) is 0.500. The Balaban J connectivity index is 1.75. The van der Waals surface area contributed by atoms with Crippen LogP contribution in [0.2, 0.25) is 0 Å². The Hall–Kier alpha value is -3.37. The van der Waals surface area contributed by atoms with Gasteiger partial charge in [-0.3, -0.25) is 14.5 Å². The number of thioether (sulfide) groups is 1. The summed E-state index contributed by atoms with van der Waals surface area (Å²) < 4.78 is 19.9. The SMILES string of the molecule is CCOC(=O)OC(C)OC(=O)C1=C(COC)CS[C@@H]2[C@H](NC(=O)/C(=N\OC)c3csc(N)n3)C(=O)N12. The molecule has 1 unspecified atom stereocenters. The molecule has 0 bridgehead atoms. The van der Waals surface area contributed by atoms with Gasteiger partial charge in [0.1, 0.15) is 29.9 Å². The van der Waals surface area contributed by atoms with Crippen molar-refractivity contribution in [1.82, 2.24) is 15.2 Å². The number of hydrogen-bond acceptors (Lipinski definition) is 14. The van der Waals surface area contributed by atoms with E-state index in [1.807, 2.05) is 0 Å². The molecule has 14 nitrogen and oxygen atoms in total. The Morgan fingerprint density at radius 1 is 1.33 bits per heavy atom. The lowest BCUT2D eigenvalue weighted by Crippen LogP contribution is -2.71. The molecule has 3 rings (SSSR count). The van der Waals surface area contributed by atoms with Crippen LogP contribution in [-0.4, -0.2) is 90.4 Å².